The van der Waals surface area contributed by atoms with E-state index in [9.17, 15) is 8.42 Å². The zero-order chi connectivity index (χ0) is 16.6. The molecule has 1 aromatic carbocycles. The Labute approximate surface area is 145 Å². The van der Waals surface area contributed by atoms with Gasteiger partial charge in [0, 0.05) is 10.0 Å². The molecule has 120 valence electrons. The summed E-state index contributed by atoms with van der Waals surface area (Å²) < 4.78 is 28.5. The van der Waals surface area contributed by atoms with E-state index in [4.69, 9.17) is 23.2 Å². The van der Waals surface area contributed by atoms with Gasteiger partial charge >= 0.3 is 0 Å². The predicted octanol–water partition coefficient (Wildman–Crippen LogP) is 5.25. The molecule has 3 nitrogen and oxygen atoms in total. The topological polar surface area (TPSA) is 46.2 Å². The van der Waals surface area contributed by atoms with Crippen molar-refractivity contribution in [2.24, 2.45) is 5.41 Å². The van der Waals surface area contributed by atoms with Crippen LogP contribution in [0.25, 0.3) is 0 Å². The molecule has 0 amide bonds. The highest BCUT2D eigenvalue weighted by Gasteiger charge is 2.32. The molecule has 0 heterocycles. The van der Waals surface area contributed by atoms with E-state index in [1.165, 1.54) is 12.1 Å². The summed E-state index contributed by atoms with van der Waals surface area (Å²) in [6.07, 6.45) is 0.672. The molecule has 0 aliphatic carbocycles. The summed E-state index contributed by atoms with van der Waals surface area (Å²) >= 11 is 15.3. The van der Waals surface area contributed by atoms with Crippen molar-refractivity contribution < 1.29 is 8.42 Å². The van der Waals surface area contributed by atoms with Gasteiger partial charge in [-0.2, -0.15) is 0 Å². The van der Waals surface area contributed by atoms with Gasteiger partial charge in [0.25, 0.3) is 0 Å². The van der Waals surface area contributed by atoms with Crippen LogP contribution in [0.3, 0.4) is 0 Å². The molecule has 0 aliphatic heterocycles. The average molecular weight is 417 g/mol. The Balaban J connectivity index is 3.19. The van der Waals surface area contributed by atoms with Crippen molar-refractivity contribution in [1.82, 2.24) is 4.72 Å². The average Bonchev–Trinajstić information content (AvgIpc) is 2.06. The molecule has 0 bridgehead atoms. The van der Waals surface area contributed by atoms with Crippen molar-refractivity contribution in [3.8, 4) is 0 Å². The molecule has 1 rings (SSSR count). The van der Waals surface area contributed by atoms with E-state index in [1.54, 1.807) is 0 Å². The van der Waals surface area contributed by atoms with Gasteiger partial charge in [-0.15, -0.1) is 0 Å². The Morgan fingerprint density at radius 2 is 1.52 bits per heavy atom. The van der Waals surface area contributed by atoms with Crippen LogP contribution in [0.15, 0.2) is 21.5 Å². The van der Waals surface area contributed by atoms with Crippen LogP contribution in [0.2, 0.25) is 10.0 Å². The van der Waals surface area contributed by atoms with E-state index < -0.39 is 15.6 Å². The van der Waals surface area contributed by atoms with Crippen LogP contribution < -0.4 is 4.72 Å². The summed E-state index contributed by atoms with van der Waals surface area (Å²) in [6.45, 7) is 9.86. The van der Waals surface area contributed by atoms with Crippen molar-refractivity contribution in [3.63, 3.8) is 0 Å². The summed E-state index contributed by atoms with van der Waals surface area (Å²) in [5, 5.41) is 0.182. The Hall–Kier alpha value is 0.190. The second kappa shape index (κ2) is 6.36. The molecule has 0 unspecified atom stereocenters. The first kappa shape index (κ1) is 19.2. The molecule has 0 atom stereocenters. The Kier molecular flexibility index (Phi) is 5.83. The van der Waals surface area contributed by atoms with Crippen molar-refractivity contribution in [2.75, 3.05) is 0 Å². The normalized spacial score (nSPS) is 13.5. The summed E-state index contributed by atoms with van der Waals surface area (Å²) in [6, 6.07) is 3.03. The van der Waals surface area contributed by atoms with Crippen molar-refractivity contribution >= 4 is 49.2 Å². The molecule has 0 radical (unpaired) electrons. The first-order valence-electron chi connectivity index (χ1n) is 6.42. The van der Waals surface area contributed by atoms with E-state index in [0.29, 0.717) is 10.9 Å². The number of halogens is 3. The molecule has 1 aromatic rings. The maximum atomic E-state index is 12.6. The molecule has 0 saturated carbocycles. The minimum absolute atomic E-state index is 0.0146. The smallest absolute Gasteiger partial charge is 0.207 e. The van der Waals surface area contributed by atoms with Crippen molar-refractivity contribution in [2.45, 2.75) is 51.5 Å². The highest BCUT2D eigenvalue weighted by molar-refractivity contribution is 9.10. The third-order valence-corrected chi connectivity index (χ3v) is 5.69. The third kappa shape index (κ3) is 5.71. The van der Waals surface area contributed by atoms with Crippen LogP contribution in [0, 0.1) is 5.41 Å². The van der Waals surface area contributed by atoms with Gasteiger partial charge in [-0.1, -0.05) is 59.9 Å². The van der Waals surface area contributed by atoms with E-state index in [0.717, 1.165) is 0 Å². The van der Waals surface area contributed by atoms with E-state index in [-0.39, 0.29) is 20.4 Å². The lowest BCUT2D eigenvalue weighted by atomic mass is 9.82. The maximum Gasteiger partial charge on any atom is 0.244 e. The van der Waals surface area contributed by atoms with Crippen LogP contribution in [-0.2, 0) is 10.0 Å². The molecule has 7 heteroatoms. The second-order valence-electron chi connectivity index (χ2n) is 6.93. The van der Waals surface area contributed by atoms with Crippen LogP contribution in [-0.4, -0.2) is 14.0 Å². The van der Waals surface area contributed by atoms with Gasteiger partial charge in [0.05, 0.1) is 10.0 Å². The second-order valence-corrected chi connectivity index (χ2v) is 10.3. The fourth-order valence-electron chi connectivity index (χ4n) is 2.56. The van der Waals surface area contributed by atoms with Gasteiger partial charge in [-0.25, -0.2) is 13.1 Å². The van der Waals surface area contributed by atoms with Gasteiger partial charge < -0.3 is 0 Å². The standard InChI is InChI=1S/C14H20BrCl2NO2S/c1-13(2,3)8-14(4,5)18-21(19,20)12-10(16)6-9(15)7-11(12)17/h6-7,18H,8H2,1-5H3. The minimum Gasteiger partial charge on any atom is -0.207 e. The number of hydrogen-bond donors (Lipinski definition) is 1. The number of hydrogen-bond acceptors (Lipinski definition) is 2. The fraction of sp³-hybridized carbons (Fsp3) is 0.571. The quantitative estimate of drug-likeness (QED) is 0.728. The summed E-state index contributed by atoms with van der Waals surface area (Å²) in [4.78, 5) is -0.0870. The molecular formula is C14H20BrCl2NO2S. The Bertz CT molecular complexity index is 614. The zero-order valence-corrected chi connectivity index (χ0v) is 16.6. The van der Waals surface area contributed by atoms with E-state index in [2.05, 4.69) is 41.4 Å². The summed E-state index contributed by atoms with van der Waals surface area (Å²) in [5.41, 5.74) is -0.629. The van der Waals surface area contributed by atoms with Gasteiger partial charge in [-0.3, -0.25) is 0 Å². The molecule has 0 spiro atoms. The van der Waals surface area contributed by atoms with Crippen molar-refractivity contribution in [1.29, 1.82) is 0 Å². The monoisotopic (exact) mass is 415 g/mol. The maximum absolute atomic E-state index is 12.6. The summed E-state index contributed by atoms with van der Waals surface area (Å²) in [7, 11) is -3.80. The van der Waals surface area contributed by atoms with Crippen LogP contribution in [0.5, 0.6) is 0 Å². The molecule has 0 aliphatic rings. The highest BCUT2D eigenvalue weighted by atomic mass is 79.9. The first-order valence-corrected chi connectivity index (χ1v) is 9.45. The van der Waals surface area contributed by atoms with Crippen molar-refractivity contribution in [3.05, 3.63) is 26.7 Å². The number of nitrogens with one attached hydrogen (secondary N) is 1. The summed E-state index contributed by atoms with van der Waals surface area (Å²) in [5.74, 6) is 0. The van der Waals surface area contributed by atoms with Gasteiger partial charge in [0.1, 0.15) is 4.90 Å². The lowest BCUT2D eigenvalue weighted by molar-refractivity contribution is 0.269. The van der Waals surface area contributed by atoms with Gasteiger partial charge in [0.15, 0.2) is 0 Å². The lowest BCUT2D eigenvalue weighted by Crippen LogP contribution is -2.45. The molecule has 1 N–H and O–H groups in total. The first-order chi connectivity index (χ1) is 9.23. The van der Waals surface area contributed by atoms with Crippen LogP contribution in [0.4, 0.5) is 0 Å². The molecule has 0 saturated heterocycles. The third-order valence-electron chi connectivity index (χ3n) is 2.61. The predicted molar refractivity (Wildman–Crippen MR) is 92.6 cm³/mol. The van der Waals surface area contributed by atoms with Crippen LogP contribution in [0.1, 0.15) is 41.0 Å². The Morgan fingerprint density at radius 3 is 1.90 bits per heavy atom. The highest BCUT2D eigenvalue weighted by Crippen LogP contribution is 2.34. The molecule has 0 fully saturated rings. The molecular weight excluding hydrogens is 397 g/mol. The Morgan fingerprint density at radius 1 is 1.10 bits per heavy atom. The number of benzene rings is 1. The van der Waals surface area contributed by atoms with Crippen LogP contribution >= 0.6 is 39.1 Å². The van der Waals surface area contributed by atoms with E-state index in [1.807, 2.05) is 13.8 Å². The fourth-order valence-corrected chi connectivity index (χ4v) is 5.91. The number of rotatable bonds is 4. The lowest BCUT2D eigenvalue weighted by Gasteiger charge is -2.33. The number of sulfonamides is 1. The minimum atomic E-state index is -3.80. The SMILES string of the molecule is CC(C)(C)CC(C)(C)NS(=O)(=O)c1c(Cl)cc(Br)cc1Cl. The van der Waals surface area contributed by atoms with Gasteiger partial charge in [-0.05, 0) is 37.8 Å². The van der Waals surface area contributed by atoms with Gasteiger partial charge in [0.2, 0.25) is 10.0 Å². The molecule has 21 heavy (non-hydrogen) atoms. The molecule has 0 aromatic heterocycles. The largest absolute Gasteiger partial charge is 0.244 e. The zero-order valence-electron chi connectivity index (χ0n) is 12.7. The van der Waals surface area contributed by atoms with E-state index >= 15 is 0 Å².